The van der Waals surface area contributed by atoms with Crippen molar-refractivity contribution >= 4 is 28.6 Å². The van der Waals surface area contributed by atoms with Crippen molar-refractivity contribution in [2.24, 2.45) is 0 Å². The summed E-state index contributed by atoms with van der Waals surface area (Å²) in [5, 5.41) is 3.44. The average molecular weight is 388 g/mol. The van der Waals surface area contributed by atoms with Gasteiger partial charge in [0.1, 0.15) is 5.82 Å². The second-order valence-corrected chi connectivity index (χ2v) is 6.80. The summed E-state index contributed by atoms with van der Waals surface area (Å²) < 4.78 is 10.7. The number of aromatic nitrogens is 2. The van der Waals surface area contributed by atoms with E-state index in [0.717, 1.165) is 38.0 Å². The number of hydrogen-bond donors (Lipinski definition) is 2. The lowest BCUT2D eigenvalue weighted by Gasteiger charge is -2.26. The highest BCUT2D eigenvalue weighted by atomic mass is 16.5. The third kappa shape index (κ3) is 3.89. The minimum absolute atomic E-state index is 0.0284. The van der Waals surface area contributed by atoms with Crippen LogP contribution in [0.15, 0.2) is 12.1 Å². The van der Waals surface area contributed by atoms with Gasteiger partial charge in [-0.05, 0) is 19.4 Å². The summed E-state index contributed by atoms with van der Waals surface area (Å²) in [6.45, 7) is 5.05. The predicted octanol–water partition coefficient (Wildman–Crippen LogP) is 0.876. The van der Waals surface area contributed by atoms with E-state index in [4.69, 9.17) is 20.2 Å². The van der Waals surface area contributed by atoms with Crippen LogP contribution in [0, 0.1) is 0 Å². The number of methoxy groups -OCH3 is 2. The number of amides is 1. The molecule has 1 unspecified atom stereocenters. The van der Waals surface area contributed by atoms with Crippen molar-refractivity contribution in [3.8, 4) is 11.5 Å². The van der Waals surface area contributed by atoms with E-state index >= 15 is 0 Å². The molecule has 28 heavy (non-hydrogen) atoms. The Balaban J connectivity index is 1.86. The maximum Gasteiger partial charge on any atom is 0.236 e. The largest absolute Gasteiger partial charge is 0.493 e. The van der Waals surface area contributed by atoms with Gasteiger partial charge in [0.25, 0.3) is 0 Å². The lowest BCUT2D eigenvalue weighted by molar-refractivity contribution is -0.125. The SMILES string of the molecule is CNC(=O)C(C)N1CCCN(c2nc(N)c3cc(OC)c(OC)cc3n2)CC1. The second-order valence-electron chi connectivity index (χ2n) is 6.80. The van der Waals surface area contributed by atoms with Crippen LogP contribution >= 0.6 is 0 Å². The van der Waals surface area contributed by atoms with E-state index in [1.807, 2.05) is 13.0 Å². The van der Waals surface area contributed by atoms with Crippen LogP contribution in [0.1, 0.15) is 13.3 Å². The van der Waals surface area contributed by atoms with Crippen LogP contribution < -0.4 is 25.4 Å². The zero-order valence-electron chi connectivity index (χ0n) is 16.9. The van der Waals surface area contributed by atoms with E-state index in [1.165, 1.54) is 0 Å². The van der Waals surface area contributed by atoms with Gasteiger partial charge in [-0.15, -0.1) is 0 Å². The van der Waals surface area contributed by atoms with Gasteiger partial charge >= 0.3 is 0 Å². The molecule has 1 aromatic heterocycles. The highest BCUT2D eigenvalue weighted by Crippen LogP contribution is 2.34. The fraction of sp³-hybridized carbons (Fsp3) is 0.526. The molecule has 0 radical (unpaired) electrons. The number of ether oxygens (including phenoxy) is 2. The molecule has 1 aliphatic heterocycles. The third-order valence-corrected chi connectivity index (χ3v) is 5.21. The number of hydrogen-bond acceptors (Lipinski definition) is 8. The second kappa shape index (κ2) is 8.47. The Bertz CT molecular complexity index is 859. The van der Waals surface area contributed by atoms with Gasteiger partial charge in [0, 0.05) is 44.7 Å². The first-order chi connectivity index (χ1) is 13.5. The van der Waals surface area contributed by atoms with Gasteiger partial charge in [-0.3, -0.25) is 9.69 Å². The number of nitrogens with zero attached hydrogens (tertiary/aromatic N) is 4. The van der Waals surface area contributed by atoms with Crippen molar-refractivity contribution in [3.05, 3.63) is 12.1 Å². The normalized spacial score (nSPS) is 16.5. The maximum absolute atomic E-state index is 11.9. The first kappa shape index (κ1) is 19.9. The molecule has 9 heteroatoms. The Hall–Kier alpha value is -2.81. The number of benzene rings is 1. The van der Waals surface area contributed by atoms with Crippen molar-refractivity contribution in [2.45, 2.75) is 19.4 Å². The molecule has 3 rings (SSSR count). The van der Waals surface area contributed by atoms with E-state index in [-0.39, 0.29) is 11.9 Å². The fourth-order valence-corrected chi connectivity index (χ4v) is 3.51. The van der Waals surface area contributed by atoms with Gasteiger partial charge in [-0.1, -0.05) is 0 Å². The molecule has 1 amide bonds. The van der Waals surface area contributed by atoms with E-state index in [0.29, 0.717) is 28.8 Å². The fourth-order valence-electron chi connectivity index (χ4n) is 3.51. The summed E-state index contributed by atoms with van der Waals surface area (Å²) in [5.41, 5.74) is 6.92. The Morgan fingerprint density at radius 1 is 1.14 bits per heavy atom. The molecule has 1 atom stereocenters. The van der Waals surface area contributed by atoms with Crippen LogP contribution in [0.25, 0.3) is 10.9 Å². The molecule has 1 saturated heterocycles. The maximum atomic E-state index is 11.9. The minimum atomic E-state index is -0.163. The lowest BCUT2D eigenvalue weighted by Crippen LogP contribution is -2.45. The van der Waals surface area contributed by atoms with Crippen LogP contribution in [-0.2, 0) is 4.79 Å². The van der Waals surface area contributed by atoms with Crippen molar-refractivity contribution in [3.63, 3.8) is 0 Å². The molecule has 1 aliphatic rings. The van der Waals surface area contributed by atoms with Gasteiger partial charge in [0.15, 0.2) is 11.5 Å². The summed E-state index contributed by atoms with van der Waals surface area (Å²) in [4.78, 5) is 25.5. The first-order valence-corrected chi connectivity index (χ1v) is 9.38. The first-order valence-electron chi connectivity index (χ1n) is 9.38. The van der Waals surface area contributed by atoms with Crippen LogP contribution in [-0.4, -0.2) is 74.3 Å². The molecule has 0 aliphatic carbocycles. The van der Waals surface area contributed by atoms with E-state index in [9.17, 15) is 4.79 Å². The number of carbonyl (C=O) groups is 1. The van der Waals surface area contributed by atoms with Crippen LogP contribution in [0.2, 0.25) is 0 Å². The average Bonchev–Trinajstić information content (AvgIpc) is 2.97. The summed E-state index contributed by atoms with van der Waals surface area (Å²) in [5.74, 6) is 2.21. The molecule has 9 nitrogen and oxygen atoms in total. The van der Waals surface area contributed by atoms with Crippen LogP contribution in [0.5, 0.6) is 11.5 Å². The van der Waals surface area contributed by atoms with E-state index < -0.39 is 0 Å². The number of nitrogens with two attached hydrogens (primary N) is 1. The number of rotatable bonds is 5. The standard InChI is InChI=1S/C19H28N6O3/c1-12(18(26)21-2)24-6-5-7-25(9-8-24)19-22-14-11-16(28-4)15(27-3)10-13(14)17(20)23-19/h10-12H,5-9H2,1-4H3,(H,21,26)(H2,20,22,23). The Kier molecular flexibility index (Phi) is 6.03. The summed E-state index contributed by atoms with van der Waals surface area (Å²) in [7, 11) is 4.84. The molecular weight excluding hydrogens is 360 g/mol. The quantitative estimate of drug-likeness (QED) is 0.777. The zero-order valence-corrected chi connectivity index (χ0v) is 16.9. The third-order valence-electron chi connectivity index (χ3n) is 5.21. The monoisotopic (exact) mass is 388 g/mol. The van der Waals surface area contributed by atoms with Gasteiger partial charge < -0.3 is 25.4 Å². The van der Waals surface area contributed by atoms with Crippen molar-refractivity contribution in [1.82, 2.24) is 20.2 Å². The van der Waals surface area contributed by atoms with Gasteiger partial charge in [0.05, 0.1) is 25.8 Å². The smallest absolute Gasteiger partial charge is 0.236 e. The van der Waals surface area contributed by atoms with Gasteiger partial charge in [0.2, 0.25) is 11.9 Å². The molecule has 1 fully saturated rings. The van der Waals surface area contributed by atoms with E-state index in [1.54, 1.807) is 27.3 Å². The summed E-state index contributed by atoms with van der Waals surface area (Å²) >= 11 is 0. The number of nitrogens with one attached hydrogen (secondary N) is 1. The van der Waals surface area contributed by atoms with Crippen molar-refractivity contribution < 1.29 is 14.3 Å². The van der Waals surface area contributed by atoms with Crippen molar-refractivity contribution in [1.29, 1.82) is 0 Å². The van der Waals surface area contributed by atoms with Crippen molar-refractivity contribution in [2.75, 3.05) is 58.1 Å². The molecule has 152 valence electrons. The topological polar surface area (TPSA) is 106 Å². The number of carbonyl (C=O) groups excluding carboxylic acids is 1. The molecule has 2 heterocycles. The Labute approximate surface area is 164 Å². The molecule has 0 bridgehead atoms. The molecular formula is C19H28N6O3. The minimum Gasteiger partial charge on any atom is -0.493 e. The van der Waals surface area contributed by atoms with Gasteiger partial charge in [-0.2, -0.15) is 4.98 Å². The molecule has 0 saturated carbocycles. The van der Waals surface area contributed by atoms with E-state index in [2.05, 4.69) is 20.1 Å². The lowest BCUT2D eigenvalue weighted by atomic mass is 10.2. The number of likely N-dealkylation sites (N-methyl/N-ethyl adjacent to an activating group) is 1. The number of nitrogen functional groups attached to an aromatic ring is 1. The predicted molar refractivity (Wildman–Crippen MR) is 109 cm³/mol. The van der Waals surface area contributed by atoms with Crippen LogP contribution in [0.4, 0.5) is 11.8 Å². The molecule has 3 N–H and O–H groups in total. The molecule has 1 aromatic carbocycles. The van der Waals surface area contributed by atoms with Gasteiger partial charge in [-0.25, -0.2) is 4.98 Å². The highest BCUT2D eigenvalue weighted by molar-refractivity contribution is 5.91. The Morgan fingerprint density at radius 3 is 2.54 bits per heavy atom. The summed E-state index contributed by atoms with van der Waals surface area (Å²) in [6, 6.07) is 3.44. The number of fused-ring (bicyclic) bond motifs is 1. The van der Waals surface area contributed by atoms with Crippen LogP contribution in [0.3, 0.4) is 0 Å². The zero-order chi connectivity index (χ0) is 20.3. The molecule has 0 spiro atoms. The highest BCUT2D eigenvalue weighted by Gasteiger charge is 2.24. The molecule has 2 aromatic rings. The number of anilines is 2. The summed E-state index contributed by atoms with van der Waals surface area (Å²) in [6.07, 6.45) is 0.911. The Morgan fingerprint density at radius 2 is 1.86 bits per heavy atom.